The zero-order valence-electron chi connectivity index (χ0n) is 15.7. The topological polar surface area (TPSA) is 86.1 Å². The molecule has 29 heavy (non-hydrogen) atoms. The number of hydrogen-bond donors (Lipinski definition) is 1. The minimum Gasteiger partial charge on any atom is -0.497 e. The van der Waals surface area contributed by atoms with Gasteiger partial charge in [0, 0.05) is 30.3 Å². The normalized spacial score (nSPS) is 10.8. The average molecular weight is 406 g/mol. The van der Waals surface area contributed by atoms with Crippen LogP contribution in [0, 0.1) is 0 Å². The SMILES string of the molecule is COc1ccc(-c2cc(=O)n(CCNC(=O)c3ccc4ncsc4c3)cn2)cc1. The molecule has 8 heteroatoms. The highest BCUT2D eigenvalue weighted by atomic mass is 32.1. The first kappa shape index (κ1) is 18.8. The molecular formula is C21H18N4O3S. The Morgan fingerprint density at radius 3 is 2.72 bits per heavy atom. The number of carbonyl (C=O) groups excluding carboxylic acids is 1. The second-order valence-corrected chi connectivity index (χ2v) is 7.21. The lowest BCUT2D eigenvalue weighted by atomic mass is 10.1. The van der Waals surface area contributed by atoms with E-state index < -0.39 is 0 Å². The van der Waals surface area contributed by atoms with Crippen LogP contribution in [0.15, 0.2) is 65.2 Å². The quantitative estimate of drug-likeness (QED) is 0.532. The monoisotopic (exact) mass is 406 g/mol. The summed E-state index contributed by atoms with van der Waals surface area (Å²) in [5, 5.41) is 2.83. The van der Waals surface area contributed by atoms with Crippen LogP contribution in [-0.2, 0) is 6.54 Å². The molecule has 0 unspecified atom stereocenters. The fourth-order valence-electron chi connectivity index (χ4n) is 2.90. The molecule has 1 amide bonds. The van der Waals surface area contributed by atoms with E-state index in [1.54, 1.807) is 18.7 Å². The predicted octanol–water partition coefficient (Wildman–Crippen LogP) is 2.96. The van der Waals surface area contributed by atoms with Crippen LogP contribution in [-0.4, -0.2) is 34.1 Å². The minimum absolute atomic E-state index is 0.175. The summed E-state index contributed by atoms with van der Waals surface area (Å²) in [4.78, 5) is 33.3. The van der Waals surface area contributed by atoms with E-state index in [0.717, 1.165) is 21.5 Å². The predicted molar refractivity (Wildman–Crippen MR) is 112 cm³/mol. The zero-order valence-corrected chi connectivity index (χ0v) is 16.5. The minimum atomic E-state index is -0.184. The lowest BCUT2D eigenvalue weighted by Crippen LogP contribution is -2.30. The van der Waals surface area contributed by atoms with Crippen LogP contribution >= 0.6 is 11.3 Å². The molecule has 0 saturated carbocycles. The van der Waals surface area contributed by atoms with Crippen LogP contribution in [0.2, 0.25) is 0 Å². The summed E-state index contributed by atoms with van der Waals surface area (Å²) in [7, 11) is 1.60. The molecule has 4 rings (SSSR count). The molecule has 1 N–H and O–H groups in total. The third kappa shape index (κ3) is 4.17. The van der Waals surface area contributed by atoms with Crippen molar-refractivity contribution in [2.45, 2.75) is 6.54 Å². The number of hydrogen-bond acceptors (Lipinski definition) is 6. The number of rotatable bonds is 6. The summed E-state index contributed by atoms with van der Waals surface area (Å²) in [5.41, 5.74) is 4.45. The number of aromatic nitrogens is 3. The molecule has 2 aromatic heterocycles. The van der Waals surface area contributed by atoms with Gasteiger partial charge in [0.05, 0.1) is 34.9 Å². The number of fused-ring (bicyclic) bond motifs is 1. The van der Waals surface area contributed by atoms with E-state index >= 15 is 0 Å². The second-order valence-electron chi connectivity index (χ2n) is 6.33. The van der Waals surface area contributed by atoms with Gasteiger partial charge in [-0.15, -0.1) is 11.3 Å². The Balaban J connectivity index is 1.39. The standard InChI is InChI=1S/C21H18N4O3S/c1-28-16-5-2-14(3-6-16)18-11-20(26)25(12-23-18)9-8-22-21(27)15-4-7-17-19(10-15)29-13-24-17/h2-7,10-13H,8-9H2,1H3,(H,22,27). The van der Waals surface area contributed by atoms with Crippen LogP contribution in [0.1, 0.15) is 10.4 Å². The first-order valence-corrected chi connectivity index (χ1v) is 9.84. The Morgan fingerprint density at radius 1 is 1.14 bits per heavy atom. The largest absolute Gasteiger partial charge is 0.497 e. The van der Waals surface area contributed by atoms with Gasteiger partial charge in [0.25, 0.3) is 11.5 Å². The molecule has 0 saturated heterocycles. The molecule has 7 nitrogen and oxygen atoms in total. The highest BCUT2D eigenvalue weighted by Crippen LogP contribution is 2.20. The summed E-state index contributed by atoms with van der Waals surface area (Å²) >= 11 is 1.49. The Labute approximate surface area is 170 Å². The molecule has 2 aromatic carbocycles. The Morgan fingerprint density at radius 2 is 1.97 bits per heavy atom. The van der Waals surface area contributed by atoms with Crippen LogP contribution in [0.4, 0.5) is 0 Å². The number of benzene rings is 2. The summed E-state index contributed by atoms with van der Waals surface area (Å²) in [6.07, 6.45) is 1.50. The van der Waals surface area contributed by atoms with Gasteiger partial charge < -0.3 is 10.1 Å². The van der Waals surface area contributed by atoms with Gasteiger partial charge in [0.2, 0.25) is 0 Å². The van der Waals surface area contributed by atoms with E-state index in [1.165, 1.54) is 28.3 Å². The first-order chi connectivity index (χ1) is 14.1. The van der Waals surface area contributed by atoms with E-state index in [2.05, 4.69) is 15.3 Å². The summed E-state index contributed by atoms with van der Waals surface area (Å²) in [5.74, 6) is 0.559. The van der Waals surface area contributed by atoms with Gasteiger partial charge in [0.1, 0.15) is 5.75 Å². The third-order valence-electron chi connectivity index (χ3n) is 4.50. The van der Waals surface area contributed by atoms with Gasteiger partial charge in [-0.05, 0) is 42.5 Å². The Hall–Kier alpha value is -3.52. The molecule has 2 heterocycles. The van der Waals surface area contributed by atoms with E-state index in [9.17, 15) is 9.59 Å². The van der Waals surface area contributed by atoms with Crippen molar-refractivity contribution in [3.8, 4) is 17.0 Å². The smallest absolute Gasteiger partial charge is 0.253 e. The van der Waals surface area contributed by atoms with Gasteiger partial charge in [-0.25, -0.2) is 9.97 Å². The van der Waals surface area contributed by atoms with Crippen LogP contribution in [0.25, 0.3) is 21.5 Å². The molecule has 0 aliphatic rings. The average Bonchev–Trinajstić information content (AvgIpc) is 3.22. The molecule has 0 fully saturated rings. The van der Waals surface area contributed by atoms with Crippen LogP contribution in [0.3, 0.4) is 0 Å². The highest BCUT2D eigenvalue weighted by molar-refractivity contribution is 7.16. The zero-order chi connectivity index (χ0) is 20.2. The van der Waals surface area contributed by atoms with Crippen molar-refractivity contribution in [2.24, 2.45) is 0 Å². The Kier molecular flexibility index (Phi) is 5.35. The molecule has 0 aliphatic heterocycles. The first-order valence-electron chi connectivity index (χ1n) is 8.96. The third-order valence-corrected chi connectivity index (χ3v) is 5.29. The summed E-state index contributed by atoms with van der Waals surface area (Å²) in [6.45, 7) is 0.659. The maximum absolute atomic E-state index is 12.4. The number of thiazole rings is 1. The number of ether oxygens (including phenoxy) is 1. The summed E-state index contributed by atoms with van der Waals surface area (Å²) < 4.78 is 7.57. The molecule has 146 valence electrons. The van der Waals surface area contributed by atoms with Crippen molar-refractivity contribution in [1.82, 2.24) is 19.9 Å². The number of carbonyl (C=O) groups is 1. The summed E-state index contributed by atoms with van der Waals surface area (Å²) in [6, 6.07) is 14.2. The maximum atomic E-state index is 12.4. The fourth-order valence-corrected chi connectivity index (χ4v) is 3.62. The van der Waals surface area contributed by atoms with E-state index in [-0.39, 0.29) is 11.5 Å². The van der Waals surface area contributed by atoms with Gasteiger partial charge >= 0.3 is 0 Å². The highest BCUT2D eigenvalue weighted by Gasteiger charge is 2.08. The van der Waals surface area contributed by atoms with Crippen molar-refractivity contribution in [1.29, 1.82) is 0 Å². The lowest BCUT2D eigenvalue weighted by molar-refractivity contribution is 0.0952. The number of nitrogens with one attached hydrogen (secondary N) is 1. The van der Waals surface area contributed by atoms with Crippen molar-refractivity contribution < 1.29 is 9.53 Å². The maximum Gasteiger partial charge on any atom is 0.253 e. The van der Waals surface area contributed by atoms with Gasteiger partial charge in [-0.3, -0.25) is 14.2 Å². The molecule has 0 aliphatic carbocycles. The van der Waals surface area contributed by atoms with Crippen molar-refractivity contribution >= 4 is 27.5 Å². The molecule has 4 aromatic rings. The Bertz CT molecular complexity index is 1210. The van der Waals surface area contributed by atoms with Crippen LogP contribution < -0.4 is 15.6 Å². The van der Waals surface area contributed by atoms with E-state index in [1.807, 2.05) is 36.4 Å². The number of amides is 1. The number of nitrogens with zero attached hydrogens (tertiary/aromatic N) is 3. The van der Waals surface area contributed by atoms with Gasteiger partial charge in [-0.2, -0.15) is 0 Å². The van der Waals surface area contributed by atoms with Crippen molar-refractivity contribution in [3.05, 3.63) is 76.3 Å². The van der Waals surface area contributed by atoms with E-state index in [0.29, 0.717) is 24.3 Å². The molecular weight excluding hydrogens is 388 g/mol. The van der Waals surface area contributed by atoms with Gasteiger partial charge in [0.15, 0.2) is 0 Å². The lowest BCUT2D eigenvalue weighted by Gasteiger charge is -2.09. The molecule has 0 spiro atoms. The van der Waals surface area contributed by atoms with E-state index in [4.69, 9.17) is 4.74 Å². The van der Waals surface area contributed by atoms with Crippen molar-refractivity contribution in [2.75, 3.05) is 13.7 Å². The van der Waals surface area contributed by atoms with Gasteiger partial charge in [-0.1, -0.05) is 0 Å². The molecule has 0 radical (unpaired) electrons. The molecule has 0 atom stereocenters. The number of methoxy groups -OCH3 is 1. The van der Waals surface area contributed by atoms with Crippen molar-refractivity contribution in [3.63, 3.8) is 0 Å². The second kappa shape index (κ2) is 8.24. The van der Waals surface area contributed by atoms with Crippen LogP contribution in [0.5, 0.6) is 5.75 Å². The fraction of sp³-hybridized carbons (Fsp3) is 0.143. The molecule has 0 bridgehead atoms.